The summed E-state index contributed by atoms with van der Waals surface area (Å²) >= 11 is 11.9. The average Bonchev–Trinajstić information content (AvgIpc) is 2.69. The minimum Gasteiger partial charge on any atom is -0.454 e. The van der Waals surface area contributed by atoms with Crippen LogP contribution >= 0.6 is 23.2 Å². The van der Waals surface area contributed by atoms with Gasteiger partial charge in [0.1, 0.15) is 6.04 Å². The van der Waals surface area contributed by atoms with E-state index in [0.29, 0.717) is 10.7 Å². The van der Waals surface area contributed by atoms with E-state index in [1.54, 1.807) is 39.0 Å². The van der Waals surface area contributed by atoms with E-state index in [4.69, 9.17) is 27.9 Å². The first kappa shape index (κ1) is 24.1. The zero-order chi connectivity index (χ0) is 22.5. The number of pyridine rings is 1. The Kier molecular flexibility index (Phi) is 8.19. The van der Waals surface area contributed by atoms with E-state index in [0.717, 1.165) is 0 Å². The van der Waals surface area contributed by atoms with Crippen LogP contribution in [-0.2, 0) is 24.3 Å². The van der Waals surface area contributed by atoms with Crippen LogP contribution in [0.4, 0.5) is 5.82 Å². The van der Waals surface area contributed by atoms with Crippen LogP contribution < -0.4 is 10.0 Å². The van der Waals surface area contributed by atoms with E-state index in [9.17, 15) is 18.0 Å². The molecule has 1 unspecified atom stereocenters. The first-order valence-corrected chi connectivity index (χ1v) is 11.1. The number of hydrogen-bond acceptors (Lipinski definition) is 6. The molecule has 0 aliphatic heterocycles. The molecule has 0 aliphatic carbocycles. The number of aryl methyl sites for hydroxylation is 1. The van der Waals surface area contributed by atoms with Gasteiger partial charge in [0.2, 0.25) is 10.0 Å². The molecule has 1 amide bonds. The minimum absolute atomic E-state index is 0.0139. The lowest BCUT2D eigenvalue weighted by Crippen LogP contribution is -2.45. The van der Waals surface area contributed by atoms with Crippen molar-refractivity contribution in [3.8, 4) is 0 Å². The molecule has 0 aliphatic rings. The third-order valence-corrected chi connectivity index (χ3v) is 6.09. The highest BCUT2D eigenvalue weighted by Gasteiger charge is 2.30. The van der Waals surface area contributed by atoms with Crippen LogP contribution in [0.5, 0.6) is 0 Å². The van der Waals surface area contributed by atoms with Crippen molar-refractivity contribution in [3.63, 3.8) is 0 Å². The van der Waals surface area contributed by atoms with Crippen molar-refractivity contribution in [1.82, 2.24) is 9.71 Å². The number of sulfonamides is 1. The van der Waals surface area contributed by atoms with Gasteiger partial charge in [-0.1, -0.05) is 55.2 Å². The SMILES string of the molecule is Cc1nc(NC(=O)COC(=O)C(NS(=O)(=O)c2ccccc2)C(C)C)c(Cl)cc1Cl. The molecule has 2 aromatic rings. The monoisotopic (exact) mass is 473 g/mol. The summed E-state index contributed by atoms with van der Waals surface area (Å²) in [6, 6.07) is 7.88. The molecule has 2 N–H and O–H groups in total. The summed E-state index contributed by atoms with van der Waals surface area (Å²) in [5.74, 6) is -1.92. The van der Waals surface area contributed by atoms with Gasteiger partial charge in [0.05, 0.1) is 20.6 Å². The number of aromatic nitrogens is 1. The Morgan fingerprint density at radius 1 is 1.13 bits per heavy atom. The van der Waals surface area contributed by atoms with E-state index in [1.807, 2.05) is 0 Å². The van der Waals surface area contributed by atoms with Crippen LogP contribution in [0.2, 0.25) is 10.0 Å². The fraction of sp³-hybridized carbons (Fsp3) is 0.316. The number of rotatable bonds is 8. The van der Waals surface area contributed by atoms with Crippen molar-refractivity contribution >= 4 is 50.9 Å². The van der Waals surface area contributed by atoms with Gasteiger partial charge in [-0.05, 0) is 31.0 Å². The van der Waals surface area contributed by atoms with Crippen LogP contribution in [0.15, 0.2) is 41.3 Å². The van der Waals surface area contributed by atoms with Crippen LogP contribution in [0, 0.1) is 12.8 Å². The highest BCUT2D eigenvalue weighted by Crippen LogP contribution is 2.25. The Balaban J connectivity index is 2.02. The van der Waals surface area contributed by atoms with Gasteiger partial charge >= 0.3 is 5.97 Å². The predicted molar refractivity (Wildman–Crippen MR) is 114 cm³/mol. The molecule has 162 valence electrons. The van der Waals surface area contributed by atoms with Crippen molar-refractivity contribution in [3.05, 3.63) is 52.1 Å². The lowest BCUT2D eigenvalue weighted by Gasteiger charge is -2.20. The van der Waals surface area contributed by atoms with E-state index < -0.39 is 40.5 Å². The third kappa shape index (κ3) is 6.40. The molecule has 11 heteroatoms. The number of benzene rings is 1. The second-order valence-electron chi connectivity index (χ2n) is 6.70. The van der Waals surface area contributed by atoms with Gasteiger partial charge in [-0.3, -0.25) is 9.59 Å². The summed E-state index contributed by atoms with van der Waals surface area (Å²) in [7, 11) is -3.94. The van der Waals surface area contributed by atoms with Gasteiger partial charge in [0.15, 0.2) is 12.4 Å². The second-order valence-corrected chi connectivity index (χ2v) is 9.23. The van der Waals surface area contributed by atoms with E-state index >= 15 is 0 Å². The molecule has 0 spiro atoms. The van der Waals surface area contributed by atoms with Crippen LogP contribution in [-0.4, -0.2) is 37.9 Å². The maximum atomic E-state index is 12.5. The molecule has 1 aromatic heterocycles. The van der Waals surface area contributed by atoms with Crippen molar-refractivity contribution in [1.29, 1.82) is 0 Å². The summed E-state index contributed by atoms with van der Waals surface area (Å²) in [4.78, 5) is 28.6. The highest BCUT2D eigenvalue weighted by molar-refractivity contribution is 7.89. The van der Waals surface area contributed by atoms with Crippen LogP contribution in [0.1, 0.15) is 19.5 Å². The zero-order valence-corrected chi connectivity index (χ0v) is 18.8. The van der Waals surface area contributed by atoms with Crippen LogP contribution in [0.3, 0.4) is 0 Å². The topological polar surface area (TPSA) is 114 Å². The molecule has 0 saturated heterocycles. The number of ether oxygens (including phenoxy) is 1. The maximum Gasteiger partial charge on any atom is 0.324 e. The van der Waals surface area contributed by atoms with E-state index in [-0.39, 0.29) is 15.7 Å². The predicted octanol–water partition coefficient (Wildman–Crippen LogP) is 3.18. The molecular formula is C19H21Cl2N3O5S. The van der Waals surface area contributed by atoms with Crippen molar-refractivity contribution in [2.24, 2.45) is 5.92 Å². The van der Waals surface area contributed by atoms with E-state index in [2.05, 4.69) is 15.0 Å². The van der Waals surface area contributed by atoms with Gasteiger partial charge in [-0.2, -0.15) is 4.72 Å². The van der Waals surface area contributed by atoms with Crippen molar-refractivity contribution in [2.75, 3.05) is 11.9 Å². The third-order valence-electron chi connectivity index (χ3n) is 3.96. The Morgan fingerprint density at radius 3 is 2.37 bits per heavy atom. The minimum atomic E-state index is -3.94. The normalized spacial score (nSPS) is 12.5. The van der Waals surface area contributed by atoms with Gasteiger partial charge in [-0.15, -0.1) is 0 Å². The number of carbonyl (C=O) groups excluding carboxylic acids is 2. The molecule has 0 radical (unpaired) electrons. The molecule has 0 fully saturated rings. The molecule has 1 atom stereocenters. The van der Waals surface area contributed by atoms with E-state index in [1.165, 1.54) is 18.2 Å². The van der Waals surface area contributed by atoms with Gasteiger partial charge < -0.3 is 10.1 Å². The molecule has 1 heterocycles. The molecule has 8 nitrogen and oxygen atoms in total. The van der Waals surface area contributed by atoms with Crippen LogP contribution in [0.25, 0.3) is 0 Å². The number of nitrogens with zero attached hydrogens (tertiary/aromatic N) is 1. The van der Waals surface area contributed by atoms with Crippen molar-refractivity contribution in [2.45, 2.75) is 31.7 Å². The lowest BCUT2D eigenvalue weighted by molar-refractivity contribution is -0.150. The quantitative estimate of drug-likeness (QED) is 0.568. The summed E-state index contributed by atoms with van der Waals surface area (Å²) in [5.41, 5.74) is 0.462. The molecule has 0 bridgehead atoms. The molecule has 2 rings (SSSR count). The second kappa shape index (κ2) is 10.2. The largest absolute Gasteiger partial charge is 0.454 e. The summed E-state index contributed by atoms with van der Waals surface area (Å²) in [6.07, 6.45) is 0. The lowest BCUT2D eigenvalue weighted by atomic mass is 10.1. The summed E-state index contributed by atoms with van der Waals surface area (Å²) in [5, 5.41) is 2.89. The maximum absolute atomic E-state index is 12.5. The molecule has 1 aromatic carbocycles. The fourth-order valence-electron chi connectivity index (χ4n) is 2.33. The highest BCUT2D eigenvalue weighted by atomic mass is 35.5. The zero-order valence-electron chi connectivity index (χ0n) is 16.5. The Bertz CT molecular complexity index is 1030. The Hall–Kier alpha value is -2.20. The number of hydrogen-bond donors (Lipinski definition) is 2. The number of nitrogens with one attached hydrogen (secondary N) is 2. The number of carbonyl (C=O) groups is 2. The fourth-order valence-corrected chi connectivity index (χ4v) is 4.09. The smallest absolute Gasteiger partial charge is 0.324 e. The number of anilines is 1. The van der Waals surface area contributed by atoms with Crippen molar-refractivity contribution < 1.29 is 22.7 Å². The first-order valence-electron chi connectivity index (χ1n) is 8.87. The Morgan fingerprint density at radius 2 is 1.77 bits per heavy atom. The average molecular weight is 474 g/mol. The number of amides is 1. The standard InChI is InChI=1S/C19H21Cl2N3O5S/c1-11(2)17(24-30(27,28)13-7-5-4-6-8-13)19(26)29-10-16(25)23-18-15(21)9-14(20)12(3)22-18/h4-9,11,17,24H,10H2,1-3H3,(H,22,23,25). The summed E-state index contributed by atoms with van der Waals surface area (Å²) < 4.78 is 32.3. The summed E-state index contributed by atoms with van der Waals surface area (Å²) in [6.45, 7) is 4.30. The van der Waals surface area contributed by atoms with Gasteiger partial charge in [-0.25, -0.2) is 13.4 Å². The number of esters is 1. The Labute approximate surface area is 185 Å². The first-order chi connectivity index (χ1) is 14.0. The molecule has 30 heavy (non-hydrogen) atoms. The van der Waals surface area contributed by atoms with Gasteiger partial charge in [0.25, 0.3) is 5.91 Å². The van der Waals surface area contributed by atoms with Gasteiger partial charge in [0, 0.05) is 0 Å². The number of halogens is 2. The molecular weight excluding hydrogens is 453 g/mol. The molecule has 0 saturated carbocycles.